The lowest BCUT2D eigenvalue weighted by atomic mass is 10.3. The van der Waals surface area contributed by atoms with Gasteiger partial charge in [-0.05, 0) is 44.5 Å². The number of aromatic nitrogens is 3. The standard InChI is InChI=1S/C13H18N4/c1-11-5-4-9-17-12(14-15-13(11)17)6-10-16-7-2-3-8-16/h4-5,9H,2-3,6-8,10H2,1H3. The molecule has 1 saturated heterocycles. The highest BCUT2D eigenvalue weighted by Crippen LogP contribution is 2.11. The van der Waals surface area contributed by atoms with Crippen LogP contribution in [0.3, 0.4) is 0 Å². The third-order valence-corrected chi connectivity index (χ3v) is 3.55. The third kappa shape index (κ3) is 2.05. The predicted octanol–water partition coefficient (Wildman–Crippen LogP) is 1.68. The number of nitrogens with zero attached hydrogens (tertiary/aromatic N) is 4. The third-order valence-electron chi connectivity index (χ3n) is 3.55. The molecule has 2 aromatic heterocycles. The quantitative estimate of drug-likeness (QED) is 0.804. The summed E-state index contributed by atoms with van der Waals surface area (Å²) in [5.41, 5.74) is 2.18. The van der Waals surface area contributed by atoms with E-state index in [2.05, 4.69) is 44.8 Å². The summed E-state index contributed by atoms with van der Waals surface area (Å²) >= 11 is 0. The van der Waals surface area contributed by atoms with Gasteiger partial charge in [0.1, 0.15) is 5.82 Å². The van der Waals surface area contributed by atoms with E-state index in [-0.39, 0.29) is 0 Å². The Kier molecular flexibility index (Phi) is 2.81. The van der Waals surface area contributed by atoms with E-state index in [1.54, 1.807) is 0 Å². The monoisotopic (exact) mass is 230 g/mol. The van der Waals surface area contributed by atoms with Gasteiger partial charge in [0.25, 0.3) is 0 Å². The highest BCUT2D eigenvalue weighted by atomic mass is 15.2. The van der Waals surface area contributed by atoms with Gasteiger partial charge in [-0.3, -0.25) is 4.40 Å². The zero-order chi connectivity index (χ0) is 11.7. The molecule has 0 amide bonds. The van der Waals surface area contributed by atoms with Crippen molar-refractivity contribution in [3.05, 3.63) is 29.7 Å². The molecular formula is C13H18N4. The molecule has 0 saturated carbocycles. The first-order valence-electron chi connectivity index (χ1n) is 6.36. The van der Waals surface area contributed by atoms with Gasteiger partial charge in [-0.2, -0.15) is 0 Å². The summed E-state index contributed by atoms with van der Waals surface area (Å²) in [6, 6.07) is 4.14. The zero-order valence-corrected chi connectivity index (χ0v) is 10.3. The second-order valence-corrected chi connectivity index (χ2v) is 4.80. The molecule has 0 bridgehead atoms. The number of fused-ring (bicyclic) bond motifs is 1. The fraction of sp³-hybridized carbons (Fsp3) is 0.538. The number of aryl methyl sites for hydroxylation is 1. The average molecular weight is 230 g/mol. The van der Waals surface area contributed by atoms with Crippen molar-refractivity contribution in [3.8, 4) is 0 Å². The van der Waals surface area contributed by atoms with Crippen LogP contribution in [0.1, 0.15) is 24.2 Å². The van der Waals surface area contributed by atoms with Crippen molar-refractivity contribution in [2.24, 2.45) is 0 Å². The van der Waals surface area contributed by atoms with E-state index in [0.29, 0.717) is 0 Å². The van der Waals surface area contributed by atoms with Gasteiger partial charge in [0.05, 0.1) is 0 Å². The van der Waals surface area contributed by atoms with Crippen LogP contribution >= 0.6 is 0 Å². The number of rotatable bonds is 3. The first kappa shape index (κ1) is 10.7. The second kappa shape index (κ2) is 4.45. The maximum absolute atomic E-state index is 4.30. The van der Waals surface area contributed by atoms with Crippen LogP contribution < -0.4 is 0 Å². The summed E-state index contributed by atoms with van der Waals surface area (Å²) < 4.78 is 2.12. The molecule has 3 rings (SSSR count). The molecule has 17 heavy (non-hydrogen) atoms. The van der Waals surface area contributed by atoms with Crippen LogP contribution in [0.4, 0.5) is 0 Å². The van der Waals surface area contributed by atoms with Gasteiger partial charge < -0.3 is 4.90 Å². The van der Waals surface area contributed by atoms with Crippen LogP contribution in [-0.4, -0.2) is 39.1 Å². The van der Waals surface area contributed by atoms with Crippen molar-refractivity contribution in [2.45, 2.75) is 26.2 Å². The Labute approximate surface area is 101 Å². The number of pyridine rings is 1. The van der Waals surface area contributed by atoms with Gasteiger partial charge in [0.15, 0.2) is 5.65 Å². The highest BCUT2D eigenvalue weighted by molar-refractivity contribution is 5.46. The molecule has 0 aliphatic carbocycles. The Bertz CT molecular complexity index is 511. The van der Waals surface area contributed by atoms with E-state index < -0.39 is 0 Å². The number of hydrogen-bond acceptors (Lipinski definition) is 3. The smallest absolute Gasteiger partial charge is 0.163 e. The molecule has 4 heteroatoms. The number of likely N-dealkylation sites (tertiary alicyclic amines) is 1. The van der Waals surface area contributed by atoms with Crippen LogP contribution in [-0.2, 0) is 6.42 Å². The normalized spacial score (nSPS) is 17.0. The minimum absolute atomic E-state index is 0.990. The van der Waals surface area contributed by atoms with E-state index in [1.165, 1.54) is 31.5 Å². The molecule has 0 atom stereocenters. The first-order valence-corrected chi connectivity index (χ1v) is 6.36. The Morgan fingerprint density at radius 2 is 2.06 bits per heavy atom. The molecule has 1 aliphatic rings. The molecule has 1 fully saturated rings. The molecule has 3 heterocycles. The first-order chi connectivity index (χ1) is 8.34. The lowest BCUT2D eigenvalue weighted by Gasteiger charge is -2.13. The van der Waals surface area contributed by atoms with Crippen LogP contribution in [0, 0.1) is 6.92 Å². The maximum atomic E-state index is 4.30. The fourth-order valence-electron chi connectivity index (χ4n) is 2.53. The van der Waals surface area contributed by atoms with E-state index in [0.717, 1.165) is 24.4 Å². The van der Waals surface area contributed by atoms with Crippen molar-refractivity contribution in [1.82, 2.24) is 19.5 Å². The Morgan fingerprint density at radius 3 is 2.88 bits per heavy atom. The van der Waals surface area contributed by atoms with Crippen molar-refractivity contribution >= 4 is 5.65 Å². The summed E-state index contributed by atoms with van der Waals surface area (Å²) in [6.45, 7) is 5.68. The van der Waals surface area contributed by atoms with Gasteiger partial charge in [-0.25, -0.2) is 0 Å². The lowest BCUT2D eigenvalue weighted by Crippen LogP contribution is -2.22. The molecule has 90 valence electrons. The minimum atomic E-state index is 0.990. The van der Waals surface area contributed by atoms with Crippen LogP contribution in [0.2, 0.25) is 0 Å². The zero-order valence-electron chi connectivity index (χ0n) is 10.3. The van der Waals surface area contributed by atoms with E-state index in [4.69, 9.17) is 0 Å². The van der Waals surface area contributed by atoms with E-state index >= 15 is 0 Å². The molecule has 4 nitrogen and oxygen atoms in total. The summed E-state index contributed by atoms with van der Waals surface area (Å²) in [5.74, 6) is 1.08. The van der Waals surface area contributed by atoms with Gasteiger partial charge in [-0.15, -0.1) is 10.2 Å². The molecule has 0 aromatic carbocycles. The summed E-state index contributed by atoms with van der Waals surface area (Å²) in [7, 11) is 0. The summed E-state index contributed by atoms with van der Waals surface area (Å²) in [4.78, 5) is 2.51. The van der Waals surface area contributed by atoms with E-state index in [1.807, 2.05) is 0 Å². The van der Waals surface area contributed by atoms with Gasteiger partial charge in [0, 0.05) is 19.2 Å². The largest absolute Gasteiger partial charge is 0.303 e. The Morgan fingerprint density at radius 1 is 1.24 bits per heavy atom. The molecule has 0 spiro atoms. The predicted molar refractivity (Wildman–Crippen MR) is 67.1 cm³/mol. The molecule has 0 radical (unpaired) electrons. The Balaban J connectivity index is 1.78. The van der Waals surface area contributed by atoms with E-state index in [9.17, 15) is 0 Å². The summed E-state index contributed by atoms with van der Waals surface area (Å²) in [5, 5.41) is 8.56. The van der Waals surface area contributed by atoms with Crippen LogP contribution in [0.15, 0.2) is 18.3 Å². The van der Waals surface area contributed by atoms with Crippen LogP contribution in [0.5, 0.6) is 0 Å². The molecule has 0 N–H and O–H groups in total. The van der Waals surface area contributed by atoms with Crippen LogP contribution in [0.25, 0.3) is 5.65 Å². The lowest BCUT2D eigenvalue weighted by molar-refractivity contribution is 0.340. The second-order valence-electron chi connectivity index (χ2n) is 4.80. The molecule has 0 unspecified atom stereocenters. The van der Waals surface area contributed by atoms with Gasteiger partial charge in [-0.1, -0.05) is 6.07 Å². The molecular weight excluding hydrogens is 212 g/mol. The Hall–Kier alpha value is -1.42. The fourth-order valence-corrected chi connectivity index (χ4v) is 2.53. The highest BCUT2D eigenvalue weighted by Gasteiger charge is 2.13. The van der Waals surface area contributed by atoms with Crippen molar-refractivity contribution in [1.29, 1.82) is 0 Å². The maximum Gasteiger partial charge on any atom is 0.163 e. The van der Waals surface area contributed by atoms with Crippen molar-refractivity contribution in [3.63, 3.8) is 0 Å². The topological polar surface area (TPSA) is 33.4 Å². The van der Waals surface area contributed by atoms with Gasteiger partial charge >= 0.3 is 0 Å². The van der Waals surface area contributed by atoms with Gasteiger partial charge in [0.2, 0.25) is 0 Å². The SMILES string of the molecule is Cc1cccn2c(CCN3CCCC3)nnc12. The summed E-state index contributed by atoms with van der Waals surface area (Å²) in [6.07, 6.45) is 5.74. The number of hydrogen-bond donors (Lipinski definition) is 0. The van der Waals surface area contributed by atoms with Crippen molar-refractivity contribution in [2.75, 3.05) is 19.6 Å². The van der Waals surface area contributed by atoms with Crippen molar-refractivity contribution < 1.29 is 0 Å². The minimum Gasteiger partial charge on any atom is -0.303 e. The molecule has 2 aromatic rings. The molecule has 1 aliphatic heterocycles. The average Bonchev–Trinajstić information content (AvgIpc) is 2.95.